The highest BCUT2D eigenvalue weighted by molar-refractivity contribution is 7.15. The molecule has 4 heteroatoms. The van der Waals surface area contributed by atoms with Crippen LogP contribution in [-0.4, -0.2) is 23.2 Å². The van der Waals surface area contributed by atoms with Gasteiger partial charge >= 0.3 is 0 Å². The molecule has 1 saturated heterocycles. The first-order valence-electron chi connectivity index (χ1n) is 6.82. The highest BCUT2D eigenvalue weighted by atomic mass is 32.1. The lowest BCUT2D eigenvalue weighted by atomic mass is 9.93. The van der Waals surface area contributed by atoms with Crippen molar-refractivity contribution in [3.63, 3.8) is 0 Å². The second-order valence-corrected chi connectivity index (χ2v) is 7.17. The highest BCUT2D eigenvalue weighted by Gasteiger charge is 2.31. The van der Waals surface area contributed by atoms with Crippen LogP contribution in [0.2, 0.25) is 0 Å². The summed E-state index contributed by atoms with van der Waals surface area (Å²) in [5.41, 5.74) is 1.49. The Morgan fingerprint density at radius 2 is 2.22 bits per heavy atom. The minimum atomic E-state index is 0.120. The fourth-order valence-corrected chi connectivity index (χ4v) is 3.52. The predicted molar refractivity (Wildman–Crippen MR) is 77.4 cm³/mol. The van der Waals surface area contributed by atoms with Crippen LogP contribution in [0.25, 0.3) is 0 Å². The van der Waals surface area contributed by atoms with E-state index in [1.807, 2.05) is 0 Å². The average Bonchev–Trinajstić information content (AvgIpc) is 2.91. The summed E-state index contributed by atoms with van der Waals surface area (Å²) in [4.78, 5) is 8.20. The molecule has 1 atom stereocenters. The van der Waals surface area contributed by atoms with Crippen molar-refractivity contribution in [1.29, 1.82) is 0 Å². The molecular weight excluding hydrogens is 244 g/mol. The smallest absolute Gasteiger partial charge is 0.185 e. The van der Waals surface area contributed by atoms with E-state index in [2.05, 4.69) is 32.6 Å². The van der Waals surface area contributed by atoms with E-state index in [0.29, 0.717) is 11.3 Å². The second kappa shape index (κ2) is 5.17. The Bertz CT molecular complexity index is 414. The quantitative estimate of drug-likeness (QED) is 0.909. The van der Waals surface area contributed by atoms with E-state index in [-0.39, 0.29) is 6.61 Å². The number of anilines is 1. The molecule has 1 N–H and O–H groups in total. The van der Waals surface area contributed by atoms with Crippen LogP contribution in [0.15, 0.2) is 0 Å². The lowest BCUT2D eigenvalue weighted by Gasteiger charge is -2.18. The number of aliphatic hydroxyl groups is 1. The molecule has 1 fully saturated rings. The van der Waals surface area contributed by atoms with E-state index in [0.717, 1.165) is 35.2 Å². The van der Waals surface area contributed by atoms with Gasteiger partial charge in [-0.15, -0.1) is 0 Å². The van der Waals surface area contributed by atoms with Gasteiger partial charge in [0.25, 0.3) is 0 Å². The van der Waals surface area contributed by atoms with Crippen molar-refractivity contribution in [3.05, 3.63) is 10.6 Å². The van der Waals surface area contributed by atoms with Crippen LogP contribution in [0.3, 0.4) is 0 Å². The predicted octanol–water partition coefficient (Wildman–Crippen LogP) is 3.39. The van der Waals surface area contributed by atoms with E-state index >= 15 is 0 Å². The Morgan fingerprint density at radius 1 is 1.50 bits per heavy atom. The maximum Gasteiger partial charge on any atom is 0.185 e. The van der Waals surface area contributed by atoms with Crippen LogP contribution in [0.4, 0.5) is 5.13 Å². The van der Waals surface area contributed by atoms with E-state index in [1.165, 1.54) is 6.42 Å². The molecule has 2 rings (SSSR count). The van der Waals surface area contributed by atoms with Crippen LogP contribution in [-0.2, 0) is 6.61 Å². The van der Waals surface area contributed by atoms with Gasteiger partial charge < -0.3 is 10.0 Å². The van der Waals surface area contributed by atoms with Crippen molar-refractivity contribution in [3.8, 4) is 0 Å². The average molecular weight is 268 g/mol. The van der Waals surface area contributed by atoms with Gasteiger partial charge in [-0.05, 0) is 24.2 Å². The molecule has 1 unspecified atom stereocenters. The number of hydrogen-bond acceptors (Lipinski definition) is 4. The van der Waals surface area contributed by atoms with Crippen LogP contribution >= 0.6 is 11.3 Å². The topological polar surface area (TPSA) is 36.4 Å². The van der Waals surface area contributed by atoms with E-state index in [9.17, 15) is 5.11 Å². The minimum absolute atomic E-state index is 0.120. The molecule has 0 aliphatic carbocycles. The molecule has 3 nitrogen and oxygen atoms in total. The molecular formula is C14H24N2OS. The third kappa shape index (κ3) is 2.69. The Balaban J connectivity index is 2.22. The van der Waals surface area contributed by atoms with Gasteiger partial charge in [-0.3, -0.25) is 0 Å². The largest absolute Gasteiger partial charge is 0.391 e. The first-order valence-corrected chi connectivity index (χ1v) is 7.64. The first-order chi connectivity index (χ1) is 8.46. The van der Waals surface area contributed by atoms with Crippen molar-refractivity contribution >= 4 is 16.5 Å². The molecule has 1 aliphatic rings. The number of hydrogen-bond donors (Lipinski definition) is 1. The Kier molecular flexibility index (Phi) is 3.97. The standard InChI is InChI=1S/C14H24N2OS/c1-5-10(2)12-11(8-17)18-13(15-12)16-7-6-14(3,4)9-16/h10,17H,5-9H2,1-4H3. The molecule has 0 saturated carbocycles. The van der Waals surface area contributed by atoms with Gasteiger partial charge in [0, 0.05) is 13.1 Å². The van der Waals surface area contributed by atoms with Gasteiger partial charge in [-0.1, -0.05) is 39.0 Å². The summed E-state index contributed by atoms with van der Waals surface area (Å²) in [7, 11) is 0. The molecule has 0 bridgehead atoms. The molecule has 1 aromatic heterocycles. The van der Waals surface area contributed by atoms with Gasteiger partial charge in [0.05, 0.1) is 17.2 Å². The highest BCUT2D eigenvalue weighted by Crippen LogP contribution is 2.37. The summed E-state index contributed by atoms with van der Waals surface area (Å²) >= 11 is 1.67. The number of thiazole rings is 1. The second-order valence-electron chi connectivity index (χ2n) is 6.11. The number of aromatic nitrogens is 1. The van der Waals surface area contributed by atoms with Crippen LogP contribution in [0.1, 0.15) is 57.0 Å². The molecule has 1 aromatic rings. The van der Waals surface area contributed by atoms with Gasteiger partial charge in [0.2, 0.25) is 0 Å². The maximum absolute atomic E-state index is 9.47. The van der Waals surface area contributed by atoms with Crippen molar-refractivity contribution < 1.29 is 5.11 Å². The van der Waals surface area contributed by atoms with Crippen LogP contribution in [0.5, 0.6) is 0 Å². The summed E-state index contributed by atoms with van der Waals surface area (Å²) in [6.45, 7) is 11.3. The maximum atomic E-state index is 9.47. The Hall–Kier alpha value is -0.610. The third-order valence-corrected chi connectivity index (χ3v) is 5.00. The fourth-order valence-electron chi connectivity index (χ4n) is 2.45. The van der Waals surface area contributed by atoms with Crippen molar-refractivity contribution in [2.24, 2.45) is 5.41 Å². The number of nitrogens with zero attached hydrogens (tertiary/aromatic N) is 2. The van der Waals surface area contributed by atoms with Gasteiger partial charge in [-0.2, -0.15) is 0 Å². The molecule has 0 amide bonds. The minimum Gasteiger partial charge on any atom is -0.391 e. The van der Waals surface area contributed by atoms with Gasteiger partial charge in [0.15, 0.2) is 5.13 Å². The van der Waals surface area contributed by atoms with E-state index < -0.39 is 0 Å². The summed E-state index contributed by atoms with van der Waals surface area (Å²) in [5, 5.41) is 10.6. The fraction of sp³-hybridized carbons (Fsp3) is 0.786. The van der Waals surface area contributed by atoms with Crippen LogP contribution < -0.4 is 4.90 Å². The molecule has 0 spiro atoms. The normalized spacial score (nSPS) is 20.4. The van der Waals surface area contributed by atoms with Gasteiger partial charge in [0.1, 0.15) is 0 Å². The molecule has 1 aliphatic heterocycles. The van der Waals surface area contributed by atoms with Crippen molar-refractivity contribution in [2.45, 2.75) is 53.1 Å². The Morgan fingerprint density at radius 3 is 2.72 bits per heavy atom. The zero-order valence-corrected chi connectivity index (χ0v) is 12.7. The van der Waals surface area contributed by atoms with E-state index in [4.69, 9.17) is 4.98 Å². The molecule has 2 heterocycles. The molecule has 18 heavy (non-hydrogen) atoms. The SMILES string of the molecule is CCC(C)c1nc(N2CCC(C)(C)C2)sc1CO. The molecule has 0 radical (unpaired) electrons. The van der Waals surface area contributed by atoms with Crippen molar-refractivity contribution in [1.82, 2.24) is 4.98 Å². The summed E-state index contributed by atoms with van der Waals surface area (Å²) in [6, 6.07) is 0. The number of rotatable bonds is 4. The van der Waals surface area contributed by atoms with Gasteiger partial charge in [-0.25, -0.2) is 4.98 Å². The third-order valence-electron chi connectivity index (χ3n) is 3.89. The first kappa shape index (κ1) is 13.8. The summed E-state index contributed by atoms with van der Waals surface area (Å²) < 4.78 is 0. The van der Waals surface area contributed by atoms with E-state index in [1.54, 1.807) is 11.3 Å². The Labute approximate surface area is 114 Å². The lowest BCUT2D eigenvalue weighted by molar-refractivity contribution is 0.283. The van der Waals surface area contributed by atoms with Crippen LogP contribution in [0, 0.1) is 5.41 Å². The molecule has 102 valence electrons. The molecule has 0 aromatic carbocycles. The monoisotopic (exact) mass is 268 g/mol. The number of aliphatic hydroxyl groups excluding tert-OH is 1. The summed E-state index contributed by atoms with van der Waals surface area (Å²) in [6.07, 6.45) is 2.29. The van der Waals surface area contributed by atoms with Crippen molar-refractivity contribution in [2.75, 3.05) is 18.0 Å². The lowest BCUT2D eigenvalue weighted by Crippen LogP contribution is -2.22. The zero-order valence-electron chi connectivity index (χ0n) is 11.9. The summed E-state index contributed by atoms with van der Waals surface area (Å²) in [5.74, 6) is 0.438. The zero-order chi connectivity index (χ0) is 13.3.